The summed E-state index contributed by atoms with van der Waals surface area (Å²) in [6.45, 7) is 0.927. The quantitative estimate of drug-likeness (QED) is 0.801. The molecule has 2 N–H and O–H groups in total. The van der Waals surface area contributed by atoms with Crippen molar-refractivity contribution in [2.45, 2.75) is 18.9 Å². The second-order valence-corrected chi connectivity index (χ2v) is 4.32. The van der Waals surface area contributed by atoms with Crippen LogP contribution in [0.1, 0.15) is 12.8 Å². The third-order valence-corrected chi connectivity index (χ3v) is 2.84. The van der Waals surface area contributed by atoms with Crippen LogP contribution in [0.2, 0.25) is 0 Å². The lowest BCUT2D eigenvalue weighted by Gasteiger charge is -2.10. The molecule has 1 aliphatic heterocycles. The van der Waals surface area contributed by atoms with Crippen LogP contribution in [0, 0.1) is 0 Å². The van der Waals surface area contributed by atoms with Gasteiger partial charge >= 0.3 is 0 Å². The van der Waals surface area contributed by atoms with Crippen molar-refractivity contribution in [1.29, 1.82) is 0 Å². The van der Waals surface area contributed by atoms with E-state index >= 15 is 0 Å². The van der Waals surface area contributed by atoms with Crippen LogP contribution in [-0.2, 0) is 4.79 Å². The van der Waals surface area contributed by atoms with E-state index in [1.54, 1.807) is 12.3 Å². The van der Waals surface area contributed by atoms with Gasteiger partial charge in [0.2, 0.25) is 5.91 Å². The number of carbonyl (C=O) groups is 1. The third-order valence-electron chi connectivity index (χ3n) is 2.37. The van der Waals surface area contributed by atoms with Gasteiger partial charge in [-0.15, -0.1) is 0 Å². The highest BCUT2D eigenvalue weighted by Gasteiger charge is 2.21. The molecule has 4 nitrogen and oxygen atoms in total. The zero-order valence-corrected chi connectivity index (χ0v) is 9.75. The second kappa shape index (κ2) is 4.72. The lowest BCUT2D eigenvalue weighted by atomic mass is 10.2. The van der Waals surface area contributed by atoms with Crippen LogP contribution in [-0.4, -0.2) is 23.5 Å². The summed E-state index contributed by atoms with van der Waals surface area (Å²) in [5.74, 6) is 0.0247. The van der Waals surface area contributed by atoms with Crippen LogP contribution < -0.4 is 10.6 Å². The monoisotopic (exact) mass is 269 g/mol. The van der Waals surface area contributed by atoms with Crippen LogP contribution in [0.3, 0.4) is 0 Å². The molecule has 15 heavy (non-hydrogen) atoms. The molecule has 0 aliphatic carbocycles. The minimum atomic E-state index is -0.0475. The Kier molecular flexibility index (Phi) is 3.33. The van der Waals surface area contributed by atoms with E-state index in [1.165, 1.54) is 0 Å². The summed E-state index contributed by atoms with van der Waals surface area (Å²) >= 11 is 3.24. The number of anilines is 1. The normalized spacial score (nSPS) is 20.2. The van der Waals surface area contributed by atoms with Gasteiger partial charge in [0.1, 0.15) is 4.60 Å². The predicted molar refractivity (Wildman–Crippen MR) is 61.6 cm³/mol. The first-order chi connectivity index (χ1) is 7.25. The average molecular weight is 270 g/mol. The number of rotatable bonds is 2. The Morgan fingerprint density at radius 1 is 1.60 bits per heavy atom. The first-order valence-electron chi connectivity index (χ1n) is 4.91. The molecule has 1 aromatic heterocycles. The van der Waals surface area contributed by atoms with Crippen LogP contribution >= 0.6 is 15.9 Å². The molecule has 0 spiro atoms. The van der Waals surface area contributed by atoms with Crippen molar-refractivity contribution in [3.8, 4) is 0 Å². The molecule has 0 aromatic carbocycles. The van der Waals surface area contributed by atoms with Gasteiger partial charge in [-0.25, -0.2) is 4.98 Å². The SMILES string of the molecule is O=C(Nc1ccc(Br)nc1)C1CCCN1. The zero-order valence-electron chi connectivity index (χ0n) is 8.16. The van der Waals surface area contributed by atoms with Gasteiger partial charge in [0.05, 0.1) is 17.9 Å². The summed E-state index contributed by atoms with van der Waals surface area (Å²) in [6.07, 6.45) is 3.61. The van der Waals surface area contributed by atoms with Crippen molar-refractivity contribution in [2.24, 2.45) is 0 Å². The molecular formula is C10H12BrN3O. The maximum Gasteiger partial charge on any atom is 0.241 e. The summed E-state index contributed by atoms with van der Waals surface area (Å²) in [5, 5.41) is 5.97. The van der Waals surface area contributed by atoms with Crippen molar-refractivity contribution in [1.82, 2.24) is 10.3 Å². The molecule has 1 amide bonds. The van der Waals surface area contributed by atoms with Crippen LogP contribution in [0.15, 0.2) is 22.9 Å². The molecule has 0 saturated carbocycles. The zero-order chi connectivity index (χ0) is 10.7. The number of aromatic nitrogens is 1. The smallest absolute Gasteiger partial charge is 0.241 e. The van der Waals surface area contributed by atoms with Gasteiger partial charge in [0, 0.05) is 0 Å². The van der Waals surface area contributed by atoms with Gasteiger partial charge in [-0.1, -0.05) is 0 Å². The number of nitrogens with zero attached hydrogens (tertiary/aromatic N) is 1. The van der Waals surface area contributed by atoms with Crippen LogP contribution in [0.4, 0.5) is 5.69 Å². The Labute approximate surface area is 96.6 Å². The highest BCUT2D eigenvalue weighted by Crippen LogP contribution is 2.12. The lowest BCUT2D eigenvalue weighted by molar-refractivity contribution is -0.117. The number of hydrogen-bond donors (Lipinski definition) is 2. The highest BCUT2D eigenvalue weighted by atomic mass is 79.9. The van der Waals surface area contributed by atoms with E-state index < -0.39 is 0 Å². The third kappa shape index (κ3) is 2.76. The maximum absolute atomic E-state index is 11.7. The summed E-state index contributed by atoms with van der Waals surface area (Å²) < 4.78 is 0.763. The maximum atomic E-state index is 11.7. The Hall–Kier alpha value is -0.940. The van der Waals surface area contributed by atoms with Gasteiger partial charge in [0.25, 0.3) is 0 Å². The summed E-state index contributed by atoms with van der Waals surface area (Å²) in [6, 6.07) is 3.58. The number of pyridine rings is 1. The van der Waals surface area contributed by atoms with E-state index in [2.05, 4.69) is 31.5 Å². The molecule has 2 heterocycles. The van der Waals surface area contributed by atoms with E-state index in [4.69, 9.17) is 0 Å². The average Bonchev–Trinajstić information content (AvgIpc) is 2.74. The first-order valence-corrected chi connectivity index (χ1v) is 5.71. The Morgan fingerprint density at radius 2 is 2.47 bits per heavy atom. The minimum Gasteiger partial charge on any atom is -0.323 e. The minimum absolute atomic E-state index is 0.0247. The topological polar surface area (TPSA) is 54.0 Å². The van der Waals surface area contributed by atoms with Gasteiger partial charge in [-0.3, -0.25) is 4.79 Å². The number of carbonyl (C=O) groups excluding carboxylic acids is 1. The molecule has 1 aromatic rings. The summed E-state index contributed by atoms with van der Waals surface area (Å²) in [4.78, 5) is 15.7. The van der Waals surface area contributed by atoms with Gasteiger partial charge in [-0.2, -0.15) is 0 Å². The standard InChI is InChI=1S/C10H12BrN3O/c11-9-4-3-7(6-13-9)14-10(15)8-2-1-5-12-8/h3-4,6,8,12H,1-2,5H2,(H,14,15). The molecule has 80 valence electrons. The molecule has 5 heteroatoms. The molecular weight excluding hydrogens is 258 g/mol. The van der Waals surface area contributed by atoms with Gasteiger partial charge in [-0.05, 0) is 47.4 Å². The van der Waals surface area contributed by atoms with Crippen molar-refractivity contribution in [2.75, 3.05) is 11.9 Å². The highest BCUT2D eigenvalue weighted by molar-refractivity contribution is 9.10. The molecule has 1 aliphatic rings. The number of amides is 1. The fourth-order valence-electron chi connectivity index (χ4n) is 1.59. The number of hydrogen-bond acceptors (Lipinski definition) is 3. The number of nitrogens with one attached hydrogen (secondary N) is 2. The molecule has 1 fully saturated rings. The fraction of sp³-hybridized carbons (Fsp3) is 0.400. The number of halogens is 1. The molecule has 1 atom stereocenters. The van der Waals surface area contributed by atoms with Crippen molar-refractivity contribution < 1.29 is 4.79 Å². The lowest BCUT2D eigenvalue weighted by Crippen LogP contribution is -2.35. The van der Waals surface area contributed by atoms with Crippen molar-refractivity contribution in [3.63, 3.8) is 0 Å². The van der Waals surface area contributed by atoms with Crippen molar-refractivity contribution in [3.05, 3.63) is 22.9 Å². The van der Waals surface area contributed by atoms with E-state index in [1.807, 2.05) is 6.07 Å². The summed E-state index contributed by atoms with van der Waals surface area (Å²) in [7, 11) is 0. The van der Waals surface area contributed by atoms with Crippen LogP contribution in [0.25, 0.3) is 0 Å². The molecule has 1 saturated heterocycles. The Morgan fingerprint density at radius 3 is 3.07 bits per heavy atom. The Balaban J connectivity index is 1.96. The van der Waals surface area contributed by atoms with Crippen LogP contribution in [0.5, 0.6) is 0 Å². The van der Waals surface area contributed by atoms with Gasteiger partial charge < -0.3 is 10.6 Å². The van der Waals surface area contributed by atoms with E-state index in [-0.39, 0.29) is 11.9 Å². The Bertz CT molecular complexity index is 346. The molecule has 0 radical (unpaired) electrons. The predicted octanol–water partition coefficient (Wildman–Crippen LogP) is 1.53. The first kappa shape index (κ1) is 10.6. The summed E-state index contributed by atoms with van der Waals surface area (Å²) in [5.41, 5.74) is 0.733. The fourth-order valence-corrected chi connectivity index (χ4v) is 1.82. The van der Waals surface area contributed by atoms with E-state index in [9.17, 15) is 4.79 Å². The van der Waals surface area contributed by atoms with Crippen molar-refractivity contribution >= 4 is 27.5 Å². The van der Waals surface area contributed by atoms with Gasteiger partial charge in [0.15, 0.2) is 0 Å². The molecule has 2 rings (SSSR count). The van der Waals surface area contributed by atoms with E-state index in [0.29, 0.717) is 0 Å². The largest absolute Gasteiger partial charge is 0.323 e. The molecule has 0 bridgehead atoms. The molecule has 1 unspecified atom stereocenters. The second-order valence-electron chi connectivity index (χ2n) is 3.51. The van der Waals surface area contributed by atoms with E-state index in [0.717, 1.165) is 29.7 Å².